The minimum atomic E-state index is 0.158. The van der Waals surface area contributed by atoms with Gasteiger partial charge in [-0.3, -0.25) is 0 Å². The van der Waals surface area contributed by atoms with Crippen molar-refractivity contribution in [3.63, 3.8) is 0 Å². The van der Waals surface area contributed by atoms with Gasteiger partial charge in [0.25, 0.3) is 0 Å². The Morgan fingerprint density at radius 1 is 1.19 bits per heavy atom. The Morgan fingerprint density at radius 3 is 2.50 bits per heavy atom. The molecule has 1 atom stereocenters. The Morgan fingerprint density at radius 2 is 1.94 bits per heavy atom. The molecule has 0 radical (unpaired) electrons. The maximum Gasteiger partial charge on any atom is 0.0703 e. The minimum Gasteiger partial charge on any atom is -0.395 e. The second-order valence-corrected chi connectivity index (χ2v) is 4.15. The van der Waals surface area contributed by atoms with Crippen molar-refractivity contribution < 1.29 is 14.6 Å². The first kappa shape index (κ1) is 15.8. The molecule has 0 heterocycles. The topological polar surface area (TPSA) is 50.7 Å². The molecule has 0 amide bonds. The molecule has 0 rings (SSSR count). The highest BCUT2D eigenvalue weighted by molar-refractivity contribution is 4.64. The molecule has 98 valence electrons. The first-order chi connectivity index (χ1) is 7.70. The average Bonchev–Trinajstić information content (AvgIpc) is 2.26. The van der Waals surface area contributed by atoms with Gasteiger partial charge in [0.2, 0.25) is 0 Å². The molecule has 2 N–H and O–H groups in total. The lowest BCUT2D eigenvalue weighted by Crippen LogP contribution is -2.34. The minimum absolute atomic E-state index is 0.158. The number of ether oxygens (including phenoxy) is 2. The molecular weight excluding hydrogens is 206 g/mol. The van der Waals surface area contributed by atoms with Gasteiger partial charge in [0.15, 0.2) is 0 Å². The fourth-order valence-corrected chi connectivity index (χ4v) is 1.28. The molecule has 0 aliphatic carbocycles. The molecule has 0 aliphatic heterocycles. The molecule has 0 fully saturated rings. The molecule has 4 nitrogen and oxygen atoms in total. The predicted molar refractivity (Wildman–Crippen MR) is 65.7 cm³/mol. The third-order valence-corrected chi connectivity index (χ3v) is 2.19. The highest BCUT2D eigenvalue weighted by atomic mass is 16.5. The first-order valence-corrected chi connectivity index (χ1v) is 6.24. The zero-order valence-electron chi connectivity index (χ0n) is 10.9. The van der Waals surface area contributed by atoms with E-state index in [1.54, 1.807) is 0 Å². The van der Waals surface area contributed by atoms with Crippen molar-refractivity contribution >= 4 is 0 Å². The van der Waals surface area contributed by atoms with Gasteiger partial charge in [0.05, 0.1) is 25.9 Å². The fourth-order valence-electron chi connectivity index (χ4n) is 1.28. The summed E-state index contributed by atoms with van der Waals surface area (Å²) < 4.78 is 10.8. The van der Waals surface area contributed by atoms with Gasteiger partial charge < -0.3 is 19.9 Å². The van der Waals surface area contributed by atoms with Crippen LogP contribution < -0.4 is 5.32 Å². The van der Waals surface area contributed by atoms with E-state index in [1.807, 2.05) is 13.8 Å². The van der Waals surface area contributed by atoms with Crippen LogP contribution in [-0.2, 0) is 9.47 Å². The maximum absolute atomic E-state index is 9.09. The van der Waals surface area contributed by atoms with Crippen molar-refractivity contribution in [3.05, 3.63) is 0 Å². The number of aliphatic hydroxyl groups is 1. The van der Waals surface area contributed by atoms with E-state index in [4.69, 9.17) is 14.6 Å². The van der Waals surface area contributed by atoms with Crippen molar-refractivity contribution in [1.29, 1.82) is 0 Å². The number of rotatable bonds is 11. The lowest BCUT2D eigenvalue weighted by Gasteiger charge is -2.15. The van der Waals surface area contributed by atoms with Gasteiger partial charge in [-0.15, -0.1) is 0 Å². The number of hydrogen-bond donors (Lipinski definition) is 2. The molecule has 4 heteroatoms. The smallest absolute Gasteiger partial charge is 0.0703 e. The predicted octanol–water partition coefficient (Wildman–Crippen LogP) is 1.18. The van der Waals surface area contributed by atoms with Crippen molar-refractivity contribution in [1.82, 2.24) is 5.32 Å². The summed E-state index contributed by atoms with van der Waals surface area (Å²) >= 11 is 0. The summed E-state index contributed by atoms with van der Waals surface area (Å²) in [5.41, 5.74) is 0. The van der Waals surface area contributed by atoms with Crippen LogP contribution in [0.25, 0.3) is 0 Å². The summed E-state index contributed by atoms with van der Waals surface area (Å²) in [4.78, 5) is 0. The Balaban J connectivity index is 3.27. The summed E-state index contributed by atoms with van der Waals surface area (Å²) in [6, 6.07) is 0.158. The van der Waals surface area contributed by atoms with E-state index < -0.39 is 0 Å². The number of nitrogens with one attached hydrogen (secondary N) is 1. The van der Waals surface area contributed by atoms with E-state index in [0.29, 0.717) is 19.8 Å². The van der Waals surface area contributed by atoms with E-state index in [1.165, 1.54) is 0 Å². The zero-order chi connectivity index (χ0) is 12.2. The summed E-state index contributed by atoms with van der Waals surface area (Å²) in [6.45, 7) is 9.19. The third kappa shape index (κ3) is 10.4. The molecule has 0 bridgehead atoms. The van der Waals surface area contributed by atoms with Crippen LogP contribution in [-0.4, -0.2) is 50.2 Å². The zero-order valence-corrected chi connectivity index (χ0v) is 10.9. The number of hydrogen-bond acceptors (Lipinski definition) is 4. The van der Waals surface area contributed by atoms with Crippen LogP contribution in [0, 0.1) is 0 Å². The van der Waals surface area contributed by atoms with Crippen LogP contribution in [0.5, 0.6) is 0 Å². The van der Waals surface area contributed by atoms with E-state index in [9.17, 15) is 0 Å². The van der Waals surface area contributed by atoms with Crippen molar-refractivity contribution in [2.75, 3.05) is 33.0 Å². The van der Waals surface area contributed by atoms with Crippen molar-refractivity contribution in [3.8, 4) is 0 Å². The van der Waals surface area contributed by atoms with Crippen molar-refractivity contribution in [2.45, 2.75) is 45.8 Å². The molecule has 0 aromatic rings. The maximum atomic E-state index is 9.09. The monoisotopic (exact) mass is 233 g/mol. The molecule has 0 aliphatic rings. The normalized spacial score (nSPS) is 13.3. The van der Waals surface area contributed by atoms with Gasteiger partial charge in [-0.2, -0.15) is 0 Å². The van der Waals surface area contributed by atoms with Gasteiger partial charge >= 0.3 is 0 Å². The van der Waals surface area contributed by atoms with Crippen LogP contribution >= 0.6 is 0 Å². The van der Waals surface area contributed by atoms with Crippen molar-refractivity contribution in [2.24, 2.45) is 0 Å². The Hall–Kier alpha value is -0.160. The van der Waals surface area contributed by atoms with Gasteiger partial charge in [0.1, 0.15) is 0 Å². The Labute approximate surface area is 99.3 Å². The largest absolute Gasteiger partial charge is 0.395 e. The van der Waals surface area contributed by atoms with E-state index in [-0.39, 0.29) is 18.8 Å². The summed E-state index contributed by atoms with van der Waals surface area (Å²) in [5, 5.41) is 12.4. The lowest BCUT2D eigenvalue weighted by molar-refractivity contribution is 0.0162. The van der Waals surface area contributed by atoms with Crippen LogP contribution in [0.15, 0.2) is 0 Å². The molecule has 0 spiro atoms. The SMILES string of the molecule is CCCNC(CO)CCOCCOC(C)C. The van der Waals surface area contributed by atoms with Crippen LogP contribution in [0.1, 0.15) is 33.6 Å². The van der Waals surface area contributed by atoms with Gasteiger partial charge in [-0.25, -0.2) is 0 Å². The summed E-state index contributed by atoms with van der Waals surface area (Å²) in [5.74, 6) is 0. The fraction of sp³-hybridized carbons (Fsp3) is 1.00. The molecule has 16 heavy (non-hydrogen) atoms. The highest BCUT2D eigenvalue weighted by Gasteiger charge is 2.05. The van der Waals surface area contributed by atoms with E-state index >= 15 is 0 Å². The van der Waals surface area contributed by atoms with E-state index in [0.717, 1.165) is 19.4 Å². The molecule has 0 aromatic carbocycles. The highest BCUT2D eigenvalue weighted by Crippen LogP contribution is 1.93. The molecular formula is C12H27NO3. The quantitative estimate of drug-likeness (QED) is 0.526. The lowest BCUT2D eigenvalue weighted by atomic mass is 10.2. The average molecular weight is 233 g/mol. The standard InChI is InChI=1S/C12H27NO3/c1-4-6-13-12(10-14)5-7-15-8-9-16-11(2)3/h11-14H,4-10H2,1-3H3. The first-order valence-electron chi connectivity index (χ1n) is 6.24. The molecule has 0 saturated heterocycles. The Kier molecular flexibility index (Phi) is 11.2. The van der Waals surface area contributed by atoms with Gasteiger partial charge in [-0.05, 0) is 33.2 Å². The molecule has 1 unspecified atom stereocenters. The van der Waals surface area contributed by atoms with Crippen LogP contribution in [0.4, 0.5) is 0 Å². The summed E-state index contributed by atoms with van der Waals surface area (Å²) in [7, 11) is 0. The van der Waals surface area contributed by atoms with E-state index in [2.05, 4.69) is 12.2 Å². The van der Waals surface area contributed by atoms with Crippen LogP contribution in [0.3, 0.4) is 0 Å². The van der Waals surface area contributed by atoms with Gasteiger partial charge in [-0.1, -0.05) is 6.92 Å². The van der Waals surface area contributed by atoms with Gasteiger partial charge in [0, 0.05) is 12.6 Å². The second kappa shape index (κ2) is 11.3. The van der Waals surface area contributed by atoms with Crippen LogP contribution in [0.2, 0.25) is 0 Å². The summed E-state index contributed by atoms with van der Waals surface area (Å²) in [6.07, 6.45) is 2.19. The molecule has 0 aromatic heterocycles. The second-order valence-electron chi connectivity index (χ2n) is 4.15. The third-order valence-electron chi connectivity index (χ3n) is 2.19. The Bertz CT molecular complexity index is 142. The molecule has 0 saturated carbocycles. The number of aliphatic hydroxyl groups excluding tert-OH is 1.